The maximum absolute atomic E-state index is 10.5. The largest absolute Gasteiger partial charge is 0.481 e. The van der Waals surface area contributed by atoms with Gasteiger partial charge < -0.3 is 9.90 Å². The van der Waals surface area contributed by atoms with Crippen LogP contribution in [0, 0.1) is 0 Å². The van der Waals surface area contributed by atoms with Crippen molar-refractivity contribution < 1.29 is 14.7 Å². The van der Waals surface area contributed by atoms with E-state index in [1.165, 1.54) is 0 Å². The smallest absolute Gasteiger partial charge is 0.303 e. The van der Waals surface area contributed by atoms with Gasteiger partial charge in [0.25, 0.3) is 0 Å². The van der Waals surface area contributed by atoms with E-state index in [9.17, 15) is 9.59 Å². The molecular formula is C10H16O3. The van der Waals surface area contributed by atoms with Crippen molar-refractivity contribution in [2.45, 2.75) is 39.0 Å². The minimum atomic E-state index is -0.770. The first kappa shape index (κ1) is 11.9. The van der Waals surface area contributed by atoms with E-state index in [2.05, 4.69) is 0 Å². The van der Waals surface area contributed by atoms with E-state index in [1.54, 1.807) is 6.92 Å². The van der Waals surface area contributed by atoms with Crippen molar-refractivity contribution in [2.24, 2.45) is 0 Å². The third-order valence-electron chi connectivity index (χ3n) is 1.59. The SMILES string of the molecule is CC(=O)CCCC=CCCC(=O)O. The molecule has 0 bridgehead atoms. The first-order chi connectivity index (χ1) is 6.13. The number of carboxylic acid groups (broad SMARTS) is 1. The Bertz CT molecular complexity index is 194. The van der Waals surface area contributed by atoms with Gasteiger partial charge in [-0.25, -0.2) is 0 Å². The highest BCUT2D eigenvalue weighted by atomic mass is 16.4. The van der Waals surface area contributed by atoms with Gasteiger partial charge >= 0.3 is 5.97 Å². The van der Waals surface area contributed by atoms with Gasteiger partial charge in [-0.05, 0) is 26.2 Å². The lowest BCUT2D eigenvalue weighted by molar-refractivity contribution is -0.136. The Morgan fingerprint density at radius 2 is 1.77 bits per heavy atom. The number of Topliss-reactive ketones (excluding diaryl/α,β-unsaturated/α-hetero) is 1. The van der Waals surface area contributed by atoms with Gasteiger partial charge in [0.15, 0.2) is 0 Å². The van der Waals surface area contributed by atoms with Gasteiger partial charge in [0.1, 0.15) is 5.78 Å². The van der Waals surface area contributed by atoms with Gasteiger partial charge in [0, 0.05) is 12.8 Å². The molecular weight excluding hydrogens is 168 g/mol. The van der Waals surface area contributed by atoms with Crippen LogP contribution < -0.4 is 0 Å². The van der Waals surface area contributed by atoms with Crippen molar-refractivity contribution in [1.29, 1.82) is 0 Å². The minimum absolute atomic E-state index is 0.184. The molecule has 0 spiro atoms. The minimum Gasteiger partial charge on any atom is -0.481 e. The molecule has 0 heterocycles. The van der Waals surface area contributed by atoms with Crippen LogP contribution in [-0.4, -0.2) is 16.9 Å². The second kappa shape index (κ2) is 7.53. The normalized spacial score (nSPS) is 10.5. The molecule has 0 atom stereocenters. The van der Waals surface area contributed by atoms with E-state index in [4.69, 9.17) is 5.11 Å². The molecule has 0 aromatic carbocycles. The number of carbonyl (C=O) groups excluding carboxylic acids is 1. The van der Waals surface area contributed by atoms with E-state index in [-0.39, 0.29) is 12.2 Å². The Labute approximate surface area is 78.5 Å². The number of carbonyl (C=O) groups is 2. The molecule has 0 aliphatic rings. The fourth-order valence-corrected chi connectivity index (χ4v) is 0.911. The Hall–Kier alpha value is -1.12. The molecule has 3 heteroatoms. The third-order valence-corrected chi connectivity index (χ3v) is 1.59. The Balaban J connectivity index is 3.22. The van der Waals surface area contributed by atoms with Crippen molar-refractivity contribution in [1.82, 2.24) is 0 Å². The summed E-state index contributed by atoms with van der Waals surface area (Å²) >= 11 is 0. The number of hydrogen-bond donors (Lipinski definition) is 1. The van der Waals surface area contributed by atoms with Gasteiger partial charge in [0.05, 0.1) is 0 Å². The maximum Gasteiger partial charge on any atom is 0.303 e. The maximum atomic E-state index is 10.5. The molecule has 0 fully saturated rings. The number of ketones is 1. The quantitative estimate of drug-likeness (QED) is 0.487. The fourth-order valence-electron chi connectivity index (χ4n) is 0.911. The first-order valence-electron chi connectivity index (χ1n) is 4.49. The van der Waals surface area contributed by atoms with Crippen LogP contribution in [0.1, 0.15) is 39.0 Å². The average molecular weight is 184 g/mol. The van der Waals surface area contributed by atoms with Crippen molar-refractivity contribution >= 4 is 11.8 Å². The Kier molecular flexibility index (Phi) is 6.88. The Morgan fingerprint density at radius 3 is 2.31 bits per heavy atom. The van der Waals surface area contributed by atoms with Crippen LogP contribution in [0.25, 0.3) is 0 Å². The summed E-state index contributed by atoms with van der Waals surface area (Å²) in [5.74, 6) is -0.563. The van der Waals surface area contributed by atoms with E-state index < -0.39 is 5.97 Å². The number of allylic oxidation sites excluding steroid dienone is 2. The van der Waals surface area contributed by atoms with Gasteiger partial charge in [0.2, 0.25) is 0 Å². The van der Waals surface area contributed by atoms with Crippen molar-refractivity contribution in [2.75, 3.05) is 0 Å². The molecule has 0 aliphatic heterocycles. The summed E-state index contributed by atoms with van der Waals surface area (Å²) in [5, 5.41) is 8.31. The highest BCUT2D eigenvalue weighted by molar-refractivity contribution is 5.75. The molecule has 0 rings (SSSR count). The Morgan fingerprint density at radius 1 is 1.15 bits per heavy atom. The van der Waals surface area contributed by atoms with Crippen molar-refractivity contribution in [3.8, 4) is 0 Å². The molecule has 0 aromatic heterocycles. The molecule has 0 amide bonds. The zero-order chi connectivity index (χ0) is 10.1. The molecule has 0 unspecified atom stereocenters. The summed E-state index contributed by atoms with van der Waals surface area (Å²) < 4.78 is 0. The third kappa shape index (κ3) is 10.9. The van der Waals surface area contributed by atoms with Crippen LogP contribution >= 0.6 is 0 Å². The van der Waals surface area contributed by atoms with Gasteiger partial charge in [-0.3, -0.25) is 4.79 Å². The molecule has 0 radical (unpaired) electrons. The number of hydrogen-bond acceptors (Lipinski definition) is 2. The first-order valence-corrected chi connectivity index (χ1v) is 4.49. The number of unbranched alkanes of at least 4 members (excludes halogenated alkanes) is 1. The van der Waals surface area contributed by atoms with Crippen LogP contribution in [0.15, 0.2) is 12.2 Å². The standard InChI is InChI=1S/C10H16O3/c1-9(11)7-5-3-2-4-6-8-10(12)13/h2,4H,3,5-8H2,1H3,(H,12,13). The second-order valence-corrected chi connectivity index (χ2v) is 3.00. The highest BCUT2D eigenvalue weighted by Crippen LogP contribution is 1.99. The van der Waals surface area contributed by atoms with E-state index in [1.807, 2.05) is 12.2 Å². The zero-order valence-corrected chi connectivity index (χ0v) is 7.95. The lowest BCUT2D eigenvalue weighted by Crippen LogP contribution is -1.91. The van der Waals surface area contributed by atoms with Crippen LogP contribution in [-0.2, 0) is 9.59 Å². The summed E-state index contributed by atoms with van der Waals surface area (Å²) in [7, 11) is 0. The summed E-state index contributed by atoms with van der Waals surface area (Å²) in [4.78, 5) is 20.6. The predicted octanol–water partition coefficient (Wildman–Crippen LogP) is 2.17. The van der Waals surface area contributed by atoms with Gasteiger partial charge in [-0.2, -0.15) is 0 Å². The molecule has 0 saturated heterocycles. The van der Waals surface area contributed by atoms with Crippen LogP contribution in [0.5, 0.6) is 0 Å². The molecule has 3 nitrogen and oxygen atoms in total. The monoisotopic (exact) mass is 184 g/mol. The lowest BCUT2D eigenvalue weighted by Gasteiger charge is -1.91. The number of carboxylic acids is 1. The lowest BCUT2D eigenvalue weighted by atomic mass is 10.2. The van der Waals surface area contributed by atoms with Crippen molar-refractivity contribution in [3.63, 3.8) is 0 Å². The van der Waals surface area contributed by atoms with Crippen LogP contribution in [0.4, 0.5) is 0 Å². The van der Waals surface area contributed by atoms with E-state index in [0.717, 1.165) is 12.8 Å². The summed E-state index contributed by atoms with van der Waals surface area (Å²) in [6, 6.07) is 0. The topological polar surface area (TPSA) is 54.4 Å². The summed E-state index contributed by atoms with van der Waals surface area (Å²) in [5.41, 5.74) is 0. The summed E-state index contributed by atoms with van der Waals surface area (Å²) in [6.07, 6.45) is 6.89. The van der Waals surface area contributed by atoms with Gasteiger partial charge in [-0.15, -0.1) is 0 Å². The van der Waals surface area contributed by atoms with Gasteiger partial charge in [-0.1, -0.05) is 12.2 Å². The molecule has 1 N–H and O–H groups in total. The van der Waals surface area contributed by atoms with Crippen molar-refractivity contribution in [3.05, 3.63) is 12.2 Å². The average Bonchev–Trinajstić information content (AvgIpc) is 2.01. The molecule has 0 aliphatic carbocycles. The second-order valence-electron chi connectivity index (χ2n) is 3.00. The van der Waals surface area contributed by atoms with E-state index in [0.29, 0.717) is 12.8 Å². The van der Waals surface area contributed by atoms with Crippen LogP contribution in [0.2, 0.25) is 0 Å². The zero-order valence-electron chi connectivity index (χ0n) is 7.95. The molecule has 13 heavy (non-hydrogen) atoms. The molecule has 74 valence electrons. The molecule has 0 aromatic rings. The van der Waals surface area contributed by atoms with Crippen LogP contribution in [0.3, 0.4) is 0 Å². The number of aliphatic carboxylic acids is 1. The fraction of sp³-hybridized carbons (Fsp3) is 0.600. The number of rotatable bonds is 7. The summed E-state index contributed by atoms with van der Waals surface area (Å²) in [6.45, 7) is 1.58. The highest BCUT2D eigenvalue weighted by Gasteiger charge is 1.92. The molecule has 0 saturated carbocycles. The van der Waals surface area contributed by atoms with E-state index >= 15 is 0 Å². The predicted molar refractivity (Wildman–Crippen MR) is 50.5 cm³/mol.